The Hall–Kier alpha value is -2.08. The summed E-state index contributed by atoms with van der Waals surface area (Å²) in [6.45, 7) is 5.50. The zero-order valence-electron chi connectivity index (χ0n) is 14.0. The van der Waals surface area contributed by atoms with Crippen molar-refractivity contribution in [2.45, 2.75) is 25.5 Å². The van der Waals surface area contributed by atoms with E-state index in [1.165, 1.54) is 0 Å². The summed E-state index contributed by atoms with van der Waals surface area (Å²) in [5.41, 5.74) is 7.36. The van der Waals surface area contributed by atoms with Crippen LogP contribution in [0.4, 0.5) is 0 Å². The molecular weight excluding hydrogens is 306 g/mol. The van der Waals surface area contributed by atoms with Gasteiger partial charge in [0.05, 0.1) is 0 Å². The van der Waals surface area contributed by atoms with E-state index >= 15 is 0 Å². The van der Waals surface area contributed by atoms with Gasteiger partial charge in [-0.2, -0.15) is 6.61 Å². The zero-order valence-corrected chi connectivity index (χ0v) is 14.0. The molecule has 0 saturated heterocycles. The van der Waals surface area contributed by atoms with E-state index in [2.05, 4.69) is 13.8 Å². The topological polar surface area (TPSA) is 84.9 Å². The van der Waals surface area contributed by atoms with E-state index in [-0.39, 0.29) is 18.6 Å². The fourth-order valence-electron chi connectivity index (χ4n) is 2.42. The maximum atomic E-state index is 9.05. The minimum atomic E-state index is -0.981. The molecule has 130 valence electrons. The molecular formula is C19H24NO4-. The molecule has 1 atom stereocenters. The molecule has 0 heterocycles. The van der Waals surface area contributed by atoms with Gasteiger partial charge in [0.2, 0.25) is 0 Å². The number of aliphatic hydroxyl groups excluding tert-OH is 2. The van der Waals surface area contributed by atoms with Crippen molar-refractivity contribution in [1.82, 2.24) is 0 Å². The molecule has 0 aliphatic heterocycles. The van der Waals surface area contributed by atoms with E-state index in [9.17, 15) is 0 Å². The van der Waals surface area contributed by atoms with E-state index in [4.69, 9.17) is 25.4 Å². The number of aliphatic hydroxyl groups is 2. The zero-order chi connectivity index (χ0) is 17.6. The first-order valence-electron chi connectivity index (χ1n) is 7.79. The molecule has 0 aliphatic carbocycles. The molecule has 0 aliphatic rings. The molecule has 0 spiro atoms. The lowest BCUT2D eigenvalue weighted by Gasteiger charge is -2.26. The van der Waals surface area contributed by atoms with Gasteiger partial charge in [-0.15, -0.1) is 0 Å². The van der Waals surface area contributed by atoms with Gasteiger partial charge in [0, 0.05) is 5.41 Å². The number of rotatable bonds is 8. The lowest BCUT2D eigenvalue weighted by Crippen LogP contribution is -2.26. The smallest absolute Gasteiger partial charge is 0.136 e. The SMILES string of the molecule is CC(C)(c1ccc(OC[CH-]O)cc1)c1ccc(OCC(N)O)cc1. The van der Waals surface area contributed by atoms with Gasteiger partial charge in [-0.1, -0.05) is 38.1 Å². The third-order valence-corrected chi connectivity index (χ3v) is 3.90. The fraction of sp³-hybridized carbons (Fsp3) is 0.316. The molecule has 2 aromatic rings. The number of hydrogen-bond acceptors (Lipinski definition) is 5. The average Bonchev–Trinajstić information content (AvgIpc) is 2.59. The summed E-state index contributed by atoms with van der Waals surface area (Å²) < 4.78 is 10.7. The minimum Gasteiger partial charge on any atom is -0.563 e. The van der Waals surface area contributed by atoms with Crippen LogP contribution in [0.2, 0.25) is 0 Å². The Kier molecular flexibility index (Phi) is 6.20. The lowest BCUT2D eigenvalue weighted by atomic mass is 9.78. The second kappa shape index (κ2) is 8.15. The molecule has 2 aromatic carbocycles. The summed E-state index contributed by atoms with van der Waals surface area (Å²) >= 11 is 0. The molecule has 0 aromatic heterocycles. The first kappa shape index (κ1) is 18.3. The Morgan fingerprint density at radius 1 is 0.958 bits per heavy atom. The Morgan fingerprint density at radius 3 is 1.83 bits per heavy atom. The first-order valence-corrected chi connectivity index (χ1v) is 7.79. The van der Waals surface area contributed by atoms with E-state index in [0.717, 1.165) is 17.7 Å². The third-order valence-electron chi connectivity index (χ3n) is 3.90. The highest BCUT2D eigenvalue weighted by Crippen LogP contribution is 2.33. The average molecular weight is 330 g/mol. The summed E-state index contributed by atoms with van der Waals surface area (Å²) in [5.74, 6) is 1.38. The number of nitrogens with two attached hydrogens (primary N) is 1. The fourth-order valence-corrected chi connectivity index (χ4v) is 2.42. The minimum absolute atomic E-state index is 0.0650. The summed E-state index contributed by atoms with van der Waals surface area (Å²) in [6, 6.07) is 15.6. The van der Waals surface area contributed by atoms with Gasteiger partial charge in [-0.3, -0.25) is 0 Å². The molecule has 1 unspecified atom stereocenters. The number of benzene rings is 2. The predicted molar refractivity (Wildman–Crippen MR) is 92.4 cm³/mol. The van der Waals surface area contributed by atoms with Crippen LogP contribution in [0.5, 0.6) is 11.5 Å². The summed E-state index contributed by atoms with van der Waals surface area (Å²) in [5, 5.41) is 17.7. The van der Waals surface area contributed by atoms with Crippen molar-refractivity contribution in [1.29, 1.82) is 0 Å². The second-order valence-corrected chi connectivity index (χ2v) is 6.05. The van der Waals surface area contributed by atoms with Crippen LogP contribution in [-0.4, -0.2) is 29.7 Å². The van der Waals surface area contributed by atoms with Crippen molar-refractivity contribution in [3.8, 4) is 11.5 Å². The molecule has 24 heavy (non-hydrogen) atoms. The molecule has 0 amide bonds. The largest absolute Gasteiger partial charge is 0.563 e. The van der Waals surface area contributed by atoms with Crippen LogP contribution in [0.25, 0.3) is 0 Å². The number of ether oxygens (including phenoxy) is 2. The van der Waals surface area contributed by atoms with Crippen LogP contribution in [0.15, 0.2) is 48.5 Å². The Labute approximate surface area is 142 Å². The molecule has 0 bridgehead atoms. The summed E-state index contributed by atoms with van der Waals surface area (Å²) in [7, 11) is 0. The van der Waals surface area contributed by atoms with Crippen molar-refractivity contribution >= 4 is 0 Å². The van der Waals surface area contributed by atoms with Gasteiger partial charge >= 0.3 is 0 Å². The quantitative estimate of drug-likeness (QED) is 0.512. The Bertz CT molecular complexity index is 621. The molecule has 4 N–H and O–H groups in total. The monoisotopic (exact) mass is 330 g/mol. The third kappa shape index (κ3) is 4.71. The standard InChI is InChI=1S/C19H24NO4/c1-19(2,14-3-7-16(8-4-14)23-12-11-21)15-5-9-17(10-6-15)24-13-18(20)22/h3-11,18,21-22H,12-13,20H2,1-2H3/q-1. The summed E-state index contributed by atoms with van der Waals surface area (Å²) in [6.07, 6.45) is -0.981. The maximum Gasteiger partial charge on any atom is 0.136 e. The van der Waals surface area contributed by atoms with Crippen LogP contribution < -0.4 is 15.2 Å². The van der Waals surface area contributed by atoms with Crippen molar-refractivity contribution < 1.29 is 19.7 Å². The van der Waals surface area contributed by atoms with Gasteiger partial charge in [0.1, 0.15) is 24.3 Å². The second-order valence-electron chi connectivity index (χ2n) is 6.05. The highest BCUT2D eigenvalue weighted by molar-refractivity contribution is 5.41. The predicted octanol–water partition coefficient (Wildman–Crippen LogP) is 2.58. The van der Waals surface area contributed by atoms with Crippen LogP contribution >= 0.6 is 0 Å². The van der Waals surface area contributed by atoms with Crippen molar-refractivity contribution in [3.63, 3.8) is 0 Å². The summed E-state index contributed by atoms with van der Waals surface area (Å²) in [4.78, 5) is 0. The van der Waals surface area contributed by atoms with Gasteiger partial charge in [0.15, 0.2) is 0 Å². The highest BCUT2D eigenvalue weighted by atomic mass is 16.5. The van der Waals surface area contributed by atoms with E-state index in [1.807, 2.05) is 48.5 Å². The van der Waals surface area contributed by atoms with E-state index < -0.39 is 6.23 Å². The van der Waals surface area contributed by atoms with Crippen molar-refractivity contribution in [2.24, 2.45) is 5.73 Å². The van der Waals surface area contributed by atoms with Gasteiger partial charge < -0.3 is 25.4 Å². The van der Waals surface area contributed by atoms with E-state index in [0.29, 0.717) is 11.5 Å². The normalized spacial score (nSPS) is 12.7. The van der Waals surface area contributed by atoms with Crippen LogP contribution in [-0.2, 0) is 5.41 Å². The van der Waals surface area contributed by atoms with Gasteiger partial charge in [-0.25, -0.2) is 0 Å². The van der Waals surface area contributed by atoms with E-state index in [1.54, 1.807) is 0 Å². The van der Waals surface area contributed by atoms with Crippen LogP contribution in [0.3, 0.4) is 0 Å². The molecule has 5 heteroatoms. The van der Waals surface area contributed by atoms with Gasteiger partial charge in [-0.05, 0) is 42.0 Å². The Balaban J connectivity index is 2.11. The number of hydrogen-bond donors (Lipinski definition) is 3. The van der Waals surface area contributed by atoms with Crippen LogP contribution in [0.1, 0.15) is 25.0 Å². The van der Waals surface area contributed by atoms with Crippen LogP contribution in [0, 0.1) is 6.61 Å². The maximum absolute atomic E-state index is 9.05. The Morgan fingerprint density at radius 2 is 1.42 bits per heavy atom. The molecule has 0 fully saturated rings. The first-order chi connectivity index (χ1) is 11.4. The van der Waals surface area contributed by atoms with Crippen molar-refractivity contribution in [2.75, 3.05) is 13.2 Å². The molecule has 5 nitrogen and oxygen atoms in total. The molecule has 2 rings (SSSR count). The van der Waals surface area contributed by atoms with Crippen molar-refractivity contribution in [3.05, 3.63) is 66.3 Å². The van der Waals surface area contributed by atoms with Gasteiger partial charge in [0.25, 0.3) is 0 Å². The molecule has 0 saturated carbocycles. The molecule has 0 radical (unpaired) electrons. The highest BCUT2D eigenvalue weighted by Gasteiger charge is 2.23. The lowest BCUT2D eigenvalue weighted by molar-refractivity contribution is 0.113.